The zero-order valence-electron chi connectivity index (χ0n) is 13.3. The van der Waals surface area contributed by atoms with Gasteiger partial charge in [0.2, 0.25) is 0 Å². The summed E-state index contributed by atoms with van der Waals surface area (Å²) in [4.78, 5) is 9.63. The Bertz CT molecular complexity index is 909. The third-order valence-electron chi connectivity index (χ3n) is 4.41. The summed E-state index contributed by atoms with van der Waals surface area (Å²) in [5.74, 6) is 1.01. The van der Waals surface area contributed by atoms with Crippen molar-refractivity contribution in [3.8, 4) is 0 Å². The smallest absolute Gasteiger partial charge is 0.145 e. The van der Waals surface area contributed by atoms with Gasteiger partial charge in [-0.15, -0.1) is 0 Å². The normalized spacial score (nSPS) is 18.0. The number of H-pyrrole nitrogens is 1. The summed E-state index contributed by atoms with van der Waals surface area (Å²) in [6, 6.07) is 17.2. The number of benzene rings is 2. The molecule has 120 valence electrons. The van der Waals surface area contributed by atoms with Crippen molar-refractivity contribution in [2.75, 3.05) is 4.90 Å². The fourth-order valence-electron chi connectivity index (χ4n) is 3.26. The molecule has 0 aliphatic carbocycles. The van der Waals surface area contributed by atoms with E-state index in [-0.39, 0.29) is 17.6 Å². The van der Waals surface area contributed by atoms with Crippen LogP contribution in [0.25, 0.3) is 16.6 Å². The molecule has 3 aromatic rings. The Hall–Kier alpha value is -3.08. The molecule has 1 unspecified atom stereocenters. The van der Waals surface area contributed by atoms with Crippen molar-refractivity contribution in [2.45, 2.75) is 19.4 Å². The highest BCUT2D eigenvalue weighted by molar-refractivity contribution is 6.30. The minimum Gasteiger partial charge on any atom is -0.509 e. The Balaban J connectivity index is 1.83. The van der Waals surface area contributed by atoms with E-state index in [1.807, 2.05) is 66.4 Å². The summed E-state index contributed by atoms with van der Waals surface area (Å²) in [5, 5.41) is 19.4. The lowest BCUT2D eigenvalue weighted by Gasteiger charge is -2.26. The van der Waals surface area contributed by atoms with E-state index in [1.54, 1.807) is 0 Å². The van der Waals surface area contributed by atoms with Gasteiger partial charge in [-0.1, -0.05) is 37.3 Å². The van der Waals surface area contributed by atoms with Gasteiger partial charge in [0.1, 0.15) is 17.4 Å². The number of aliphatic hydroxyl groups is 1. The second kappa shape index (κ2) is 5.53. The van der Waals surface area contributed by atoms with E-state index in [0.29, 0.717) is 17.8 Å². The first kappa shape index (κ1) is 14.5. The number of aromatic amines is 1. The van der Waals surface area contributed by atoms with Gasteiger partial charge in [-0.2, -0.15) is 0 Å². The highest BCUT2D eigenvalue weighted by Crippen LogP contribution is 2.36. The number of amidine groups is 1. The van der Waals surface area contributed by atoms with E-state index < -0.39 is 0 Å². The monoisotopic (exact) mass is 318 g/mol. The third kappa shape index (κ3) is 2.09. The molecule has 4 rings (SSSR count). The molecular formula is C19H18N4O. The van der Waals surface area contributed by atoms with Crippen LogP contribution in [0, 0.1) is 5.41 Å². The summed E-state index contributed by atoms with van der Waals surface area (Å²) in [6.45, 7) is 2.01. The number of aromatic nitrogens is 2. The number of hydrogen-bond acceptors (Lipinski definition) is 3. The van der Waals surface area contributed by atoms with Crippen LogP contribution < -0.4 is 4.90 Å². The molecule has 0 fully saturated rings. The number of nitrogens with one attached hydrogen (secondary N) is 2. The molecule has 1 atom stereocenters. The van der Waals surface area contributed by atoms with Gasteiger partial charge in [0.25, 0.3) is 0 Å². The van der Waals surface area contributed by atoms with Gasteiger partial charge in [0, 0.05) is 5.69 Å². The Labute approximate surface area is 139 Å². The van der Waals surface area contributed by atoms with E-state index in [2.05, 4.69) is 9.97 Å². The van der Waals surface area contributed by atoms with Crippen LogP contribution in [0.15, 0.2) is 60.4 Å². The predicted octanol–water partition coefficient (Wildman–Crippen LogP) is 4.11. The van der Waals surface area contributed by atoms with Gasteiger partial charge in [0.05, 0.1) is 22.6 Å². The molecule has 1 aliphatic heterocycles. The molecule has 2 aromatic carbocycles. The number of anilines is 1. The summed E-state index contributed by atoms with van der Waals surface area (Å²) < 4.78 is 0. The first-order chi connectivity index (χ1) is 11.7. The summed E-state index contributed by atoms with van der Waals surface area (Å²) in [6.07, 6.45) is 0.701. The molecule has 0 amide bonds. The van der Waals surface area contributed by atoms with Crippen molar-refractivity contribution < 1.29 is 5.11 Å². The second-order valence-corrected chi connectivity index (χ2v) is 5.84. The first-order valence-electron chi connectivity index (χ1n) is 8.02. The topological polar surface area (TPSA) is 76.0 Å². The average Bonchev–Trinajstić information content (AvgIpc) is 3.13. The molecule has 2 heterocycles. The van der Waals surface area contributed by atoms with Gasteiger partial charge in [-0.25, -0.2) is 4.98 Å². The summed E-state index contributed by atoms with van der Waals surface area (Å²) in [5.41, 5.74) is 3.09. The minimum atomic E-state index is -0.247. The lowest BCUT2D eigenvalue weighted by Crippen LogP contribution is -2.34. The third-order valence-corrected chi connectivity index (χ3v) is 4.41. The fraction of sp³-hybridized carbons (Fsp3) is 0.158. The Morgan fingerprint density at radius 3 is 2.54 bits per heavy atom. The number of para-hydroxylation sites is 3. The van der Waals surface area contributed by atoms with Gasteiger partial charge < -0.3 is 15.0 Å². The van der Waals surface area contributed by atoms with Crippen molar-refractivity contribution in [2.24, 2.45) is 0 Å². The predicted molar refractivity (Wildman–Crippen MR) is 96.4 cm³/mol. The molecule has 5 heteroatoms. The van der Waals surface area contributed by atoms with Crippen LogP contribution in [0.5, 0.6) is 0 Å². The number of imidazole rings is 1. The van der Waals surface area contributed by atoms with E-state index in [9.17, 15) is 5.11 Å². The largest absolute Gasteiger partial charge is 0.509 e. The fourth-order valence-corrected chi connectivity index (χ4v) is 3.26. The van der Waals surface area contributed by atoms with Gasteiger partial charge in [-0.05, 0) is 30.7 Å². The van der Waals surface area contributed by atoms with Crippen LogP contribution in [0.3, 0.4) is 0 Å². The average molecular weight is 318 g/mol. The van der Waals surface area contributed by atoms with Crippen LogP contribution in [0.4, 0.5) is 5.69 Å². The number of rotatable bonds is 3. The van der Waals surface area contributed by atoms with Crippen LogP contribution in [-0.4, -0.2) is 27.0 Å². The number of aliphatic hydroxyl groups excluding tert-OH is 1. The minimum absolute atomic E-state index is 0.199. The molecule has 3 N–H and O–H groups in total. The van der Waals surface area contributed by atoms with Gasteiger partial charge >= 0.3 is 0 Å². The van der Waals surface area contributed by atoms with Crippen LogP contribution in [0.1, 0.15) is 19.2 Å². The second-order valence-electron chi connectivity index (χ2n) is 5.84. The Kier molecular flexibility index (Phi) is 3.34. The quantitative estimate of drug-likeness (QED) is 0.680. The molecule has 0 bridgehead atoms. The SMILES string of the molecule is CCC1C(O)=C(c2nc3ccccc3[nH]2)C(=N)N1c1ccccc1. The van der Waals surface area contributed by atoms with Crippen molar-refractivity contribution in [3.05, 3.63) is 66.2 Å². The van der Waals surface area contributed by atoms with Crippen molar-refractivity contribution >= 4 is 28.1 Å². The van der Waals surface area contributed by atoms with Crippen molar-refractivity contribution in [3.63, 3.8) is 0 Å². The first-order valence-corrected chi connectivity index (χ1v) is 8.02. The molecule has 0 saturated heterocycles. The van der Waals surface area contributed by atoms with E-state index in [1.165, 1.54) is 0 Å². The van der Waals surface area contributed by atoms with E-state index >= 15 is 0 Å². The van der Waals surface area contributed by atoms with E-state index in [0.717, 1.165) is 16.7 Å². The highest BCUT2D eigenvalue weighted by Gasteiger charge is 2.38. The molecule has 0 radical (unpaired) electrons. The molecule has 1 aromatic heterocycles. The zero-order chi connectivity index (χ0) is 16.7. The Morgan fingerprint density at radius 2 is 1.83 bits per heavy atom. The lowest BCUT2D eigenvalue weighted by molar-refractivity contribution is 0.373. The van der Waals surface area contributed by atoms with Gasteiger partial charge in [0.15, 0.2) is 0 Å². The molecule has 24 heavy (non-hydrogen) atoms. The number of hydrogen-bond donors (Lipinski definition) is 3. The molecule has 1 aliphatic rings. The Morgan fingerprint density at radius 1 is 1.12 bits per heavy atom. The molecule has 5 nitrogen and oxygen atoms in total. The number of nitrogens with zero attached hydrogens (tertiary/aromatic N) is 2. The highest BCUT2D eigenvalue weighted by atomic mass is 16.3. The van der Waals surface area contributed by atoms with E-state index in [4.69, 9.17) is 5.41 Å². The number of fused-ring (bicyclic) bond motifs is 1. The molecular weight excluding hydrogens is 300 g/mol. The maximum atomic E-state index is 10.8. The van der Waals surface area contributed by atoms with Crippen LogP contribution >= 0.6 is 0 Å². The summed E-state index contributed by atoms with van der Waals surface area (Å²) in [7, 11) is 0. The zero-order valence-corrected chi connectivity index (χ0v) is 13.3. The van der Waals surface area contributed by atoms with Crippen molar-refractivity contribution in [1.82, 2.24) is 9.97 Å². The van der Waals surface area contributed by atoms with Crippen molar-refractivity contribution in [1.29, 1.82) is 5.41 Å². The maximum Gasteiger partial charge on any atom is 0.145 e. The molecule has 0 spiro atoms. The van der Waals surface area contributed by atoms with Crippen LogP contribution in [-0.2, 0) is 0 Å². The summed E-state index contributed by atoms with van der Waals surface area (Å²) >= 11 is 0. The standard InChI is InChI=1S/C19H18N4O/c1-2-15-17(24)16(18(20)23(15)12-8-4-3-5-9-12)19-21-13-10-6-7-11-14(13)22-19/h3-11,15,20,24H,2H2,1H3,(H,21,22). The lowest BCUT2D eigenvalue weighted by atomic mass is 10.1. The molecule has 0 saturated carbocycles. The van der Waals surface area contributed by atoms with Gasteiger partial charge in [-0.3, -0.25) is 5.41 Å². The van der Waals surface area contributed by atoms with Crippen LogP contribution in [0.2, 0.25) is 0 Å². The maximum absolute atomic E-state index is 10.8.